The summed E-state index contributed by atoms with van der Waals surface area (Å²) in [5.41, 5.74) is 1.47. The lowest BCUT2D eigenvalue weighted by Crippen LogP contribution is -2.02. The smallest absolute Gasteiger partial charge is 0.192 e. The van der Waals surface area contributed by atoms with Gasteiger partial charge in [0, 0.05) is 16.8 Å². The highest BCUT2D eigenvalue weighted by Gasteiger charge is 2.17. The van der Waals surface area contributed by atoms with Crippen molar-refractivity contribution in [2.45, 2.75) is 17.5 Å². The molecule has 0 saturated heterocycles. The zero-order valence-electron chi connectivity index (χ0n) is 14.2. The van der Waals surface area contributed by atoms with Gasteiger partial charge < -0.3 is 4.74 Å². The highest BCUT2D eigenvalue weighted by molar-refractivity contribution is 9.10. The van der Waals surface area contributed by atoms with Crippen LogP contribution in [0.15, 0.2) is 64.7 Å². The minimum absolute atomic E-state index is 0.244. The molecule has 0 bridgehead atoms. The number of hydrogen-bond donors (Lipinski definition) is 0. The van der Waals surface area contributed by atoms with Gasteiger partial charge in [0.1, 0.15) is 11.6 Å². The Morgan fingerprint density at radius 2 is 2.08 bits per heavy atom. The lowest BCUT2D eigenvalue weighted by atomic mass is 10.2. The van der Waals surface area contributed by atoms with E-state index < -0.39 is 0 Å². The SMILES string of the molecule is C=CCn1c(SCc2ccc(Br)cc2F)nnc1-c1ccccc1OC. The van der Waals surface area contributed by atoms with Crippen molar-refractivity contribution in [2.24, 2.45) is 0 Å². The molecule has 2 aromatic carbocycles. The van der Waals surface area contributed by atoms with Gasteiger partial charge in [0.2, 0.25) is 0 Å². The Morgan fingerprint density at radius 3 is 2.81 bits per heavy atom. The number of aromatic nitrogens is 3. The van der Waals surface area contributed by atoms with Crippen molar-refractivity contribution in [3.05, 3.63) is 71.0 Å². The maximum Gasteiger partial charge on any atom is 0.192 e. The van der Waals surface area contributed by atoms with Gasteiger partial charge in [0.15, 0.2) is 11.0 Å². The Morgan fingerprint density at radius 1 is 1.27 bits per heavy atom. The second kappa shape index (κ2) is 8.51. The average molecular weight is 434 g/mol. The highest BCUT2D eigenvalue weighted by atomic mass is 79.9. The van der Waals surface area contributed by atoms with Crippen LogP contribution in [0, 0.1) is 5.82 Å². The number of rotatable bonds is 7. The lowest BCUT2D eigenvalue weighted by molar-refractivity contribution is 0.416. The molecule has 26 heavy (non-hydrogen) atoms. The van der Waals surface area contributed by atoms with E-state index in [-0.39, 0.29) is 5.82 Å². The second-order valence-corrected chi connectivity index (χ2v) is 7.29. The van der Waals surface area contributed by atoms with Crippen LogP contribution < -0.4 is 4.74 Å². The summed E-state index contributed by atoms with van der Waals surface area (Å²) in [6.07, 6.45) is 1.78. The van der Waals surface area contributed by atoms with Crippen LogP contribution in [0.5, 0.6) is 5.75 Å². The molecule has 3 rings (SSSR count). The first-order chi connectivity index (χ1) is 12.6. The minimum Gasteiger partial charge on any atom is -0.496 e. The summed E-state index contributed by atoms with van der Waals surface area (Å²) >= 11 is 4.71. The largest absolute Gasteiger partial charge is 0.496 e. The number of nitrogens with zero attached hydrogens (tertiary/aromatic N) is 3. The predicted molar refractivity (Wildman–Crippen MR) is 106 cm³/mol. The van der Waals surface area contributed by atoms with Crippen LogP contribution in [0.4, 0.5) is 4.39 Å². The van der Waals surface area contributed by atoms with E-state index in [2.05, 4.69) is 32.7 Å². The third kappa shape index (κ3) is 3.99. The van der Waals surface area contributed by atoms with Gasteiger partial charge in [-0.3, -0.25) is 4.57 Å². The number of methoxy groups -OCH3 is 1. The van der Waals surface area contributed by atoms with Crippen molar-refractivity contribution in [2.75, 3.05) is 7.11 Å². The Balaban J connectivity index is 1.91. The molecule has 0 radical (unpaired) electrons. The zero-order valence-corrected chi connectivity index (χ0v) is 16.6. The van der Waals surface area contributed by atoms with E-state index in [1.807, 2.05) is 34.9 Å². The summed E-state index contributed by atoms with van der Waals surface area (Å²) in [7, 11) is 1.62. The van der Waals surface area contributed by atoms with Gasteiger partial charge in [-0.05, 0) is 29.8 Å². The zero-order chi connectivity index (χ0) is 18.5. The molecule has 0 aliphatic rings. The third-order valence-corrected chi connectivity index (χ3v) is 5.26. The van der Waals surface area contributed by atoms with Gasteiger partial charge in [0.05, 0.1) is 12.7 Å². The van der Waals surface area contributed by atoms with E-state index in [1.54, 1.807) is 19.3 Å². The molecule has 0 spiro atoms. The average Bonchev–Trinajstić information content (AvgIpc) is 3.04. The number of ether oxygens (including phenoxy) is 1. The third-order valence-electron chi connectivity index (χ3n) is 3.75. The van der Waals surface area contributed by atoms with Gasteiger partial charge in [-0.15, -0.1) is 16.8 Å². The Labute approximate surface area is 164 Å². The number of halogens is 2. The maximum absolute atomic E-state index is 14.1. The Kier molecular flexibility index (Phi) is 6.11. The molecule has 0 saturated carbocycles. The summed E-state index contributed by atoms with van der Waals surface area (Å²) in [6, 6.07) is 12.7. The molecule has 1 heterocycles. The maximum atomic E-state index is 14.1. The van der Waals surface area contributed by atoms with Crippen LogP contribution in [-0.2, 0) is 12.3 Å². The van der Waals surface area contributed by atoms with Gasteiger partial charge >= 0.3 is 0 Å². The van der Waals surface area contributed by atoms with E-state index >= 15 is 0 Å². The van der Waals surface area contributed by atoms with Crippen molar-refractivity contribution >= 4 is 27.7 Å². The lowest BCUT2D eigenvalue weighted by Gasteiger charge is -2.10. The number of hydrogen-bond acceptors (Lipinski definition) is 4. The minimum atomic E-state index is -0.244. The van der Waals surface area contributed by atoms with Gasteiger partial charge in [-0.1, -0.05) is 52.0 Å². The van der Waals surface area contributed by atoms with E-state index in [0.717, 1.165) is 15.8 Å². The summed E-state index contributed by atoms with van der Waals surface area (Å²) in [6.45, 7) is 4.36. The van der Waals surface area contributed by atoms with Crippen molar-refractivity contribution < 1.29 is 9.13 Å². The molecule has 0 fully saturated rings. The quantitative estimate of drug-likeness (QED) is 0.372. The summed E-state index contributed by atoms with van der Waals surface area (Å²) < 4.78 is 22.2. The van der Waals surface area contributed by atoms with Crippen LogP contribution in [0.2, 0.25) is 0 Å². The first-order valence-corrected chi connectivity index (χ1v) is 9.66. The molecular weight excluding hydrogens is 417 g/mol. The van der Waals surface area contributed by atoms with Crippen LogP contribution in [0.25, 0.3) is 11.4 Å². The molecular formula is C19H17BrFN3OS. The van der Waals surface area contributed by atoms with Gasteiger partial charge in [-0.2, -0.15) is 0 Å². The molecule has 0 atom stereocenters. The van der Waals surface area contributed by atoms with Crippen LogP contribution in [-0.4, -0.2) is 21.9 Å². The van der Waals surface area contributed by atoms with Crippen molar-refractivity contribution in [3.63, 3.8) is 0 Å². The molecule has 3 aromatic rings. The molecule has 4 nitrogen and oxygen atoms in total. The standard InChI is InChI=1S/C19H17BrFN3OS/c1-3-10-24-18(15-6-4-5-7-17(15)25-2)22-23-19(24)26-12-13-8-9-14(20)11-16(13)21/h3-9,11H,1,10,12H2,2H3. The normalized spacial score (nSPS) is 10.7. The topological polar surface area (TPSA) is 39.9 Å². The number of thioether (sulfide) groups is 1. The summed E-state index contributed by atoms with van der Waals surface area (Å²) in [5.74, 6) is 1.63. The van der Waals surface area contributed by atoms with Crippen LogP contribution in [0.1, 0.15) is 5.56 Å². The molecule has 0 unspecified atom stereocenters. The molecule has 7 heteroatoms. The fourth-order valence-corrected chi connectivity index (χ4v) is 3.77. The van der Waals surface area contributed by atoms with E-state index in [0.29, 0.717) is 28.8 Å². The first kappa shape index (κ1) is 18.7. The summed E-state index contributed by atoms with van der Waals surface area (Å²) in [5, 5.41) is 9.32. The fraction of sp³-hybridized carbons (Fsp3) is 0.158. The molecule has 0 N–H and O–H groups in total. The van der Waals surface area contributed by atoms with E-state index in [9.17, 15) is 4.39 Å². The molecule has 0 aliphatic carbocycles. The Hall–Kier alpha value is -2.12. The van der Waals surface area contributed by atoms with Crippen molar-refractivity contribution in [1.82, 2.24) is 14.8 Å². The number of allylic oxidation sites excluding steroid dienone is 1. The van der Waals surface area contributed by atoms with Gasteiger partial charge in [0.25, 0.3) is 0 Å². The van der Waals surface area contributed by atoms with Crippen molar-refractivity contribution in [1.29, 1.82) is 0 Å². The van der Waals surface area contributed by atoms with Crippen LogP contribution in [0.3, 0.4) is 0 Å². The number of benzene rings is 2. The van der Waals surface area contributed by atoms with Crippen molar-refractivity contribution in [3.8, 4) is 17.1 Å². The monoisotopic (exact) mass is 433 g/mol. The fourth-order valence-electron chi connectivity index (χ4n) is 2.50. The molecule has 0 amide bonds. The molecule has 134 valence electrons. The molecule has 0 aliphatic heterocycles. The number of para-hydroxylation sites is 1. The highest BCUT2D eigenvalue weighted by Crippen LogP contribution is 2.32. The Bertz CT molecular complexity index is 929. The second-order valence-electron chi connectivity index (χ2n) is 5.43. The molecule has 1 aromatic heterocycles. The van der Waals surface area contributed by atoms with E-state index in [1.165, 1.54) is 17.8 Å². The van der Waals surface area contributed by atoms with Crippen LogP contribution >= 0.6 is 27.7 Å². The summed E-state index contributed by atoms with van der Waals surface area (Å²) in [4.78, 5) is 0. The predicted octanol–water partition coefficient (Wildman–Crippen LogP) is 5.33. The van der Waals surface area contributed by atoms with E-state index in [4.69, 9.17) is 4.74 Å². The first-order valence-electron chi connectivity index (χ1n) is 7.88. The van der Waals surface area contributed by atoms with Gasteiger partial charge in [-0.25, -0.2) is 4.39 Å².